The summed E-state index contributed by atoms with van der Waals surface area (Å²) in [6.07, 6.45) is 1.97. The zero-order valence-electron chi connectivity index (χ0n) is 11.7. The van der Waals surface area contributed by atoms with Gasteiger partial charge < -0.3 is 0 Å². The third-order valence-corrected chi connectivity index (χ3v) is 3.93. The summed E-state index contributed by atoms with van der Waals surface area (Å²) in [6, 6.07) is 15.9. The molecule has 6 heteroatoms. The lowest BCUT2D eigenvalue weighted by atomic mass is 10.1. The van der Waals surface area contributed by atoms with E-state index in [1.807, 2.05) is 36.6 Å². The van der Waals surface area contributed by atoms with E-state index in [0.29, 0.717) is 11.3 Å². The van der Waals surface area contributed by atoms with Crippen LogP contribution < -0.4 is 0 Å². The molecular weight excluding hydrogens is 299 g/mol. The average molecular weight is 310 g/mol. The van der Waals surface area contributed by atoms with Gasteiger partial charge in [0.05, 0.1) is 5.69 Å². The first-order valence-electron chi connectivity index (χ1n) is 6.49. The van der Waals surface area contributed by atoms with E-state index < -0.39 is 5.82 Å². The third kappa shape index (κ3) is 2.47. The molecule has 0 unspecified atom stereocenters. The molecule has 108 valence electrons. The topological polar surface area (TPSA) is 54.5 Å². The first-order chi connectivity index (χ1) is 10.7. The molecule has 0 spiro atoms. The van der Waals surface area contributed by atoms with Crippen LogP contribution in [0.5, 0.6) is 0 Å². The van der Waals surface area contributed by atoms with Crippen LogP contribution in [0, 0.1) is 17.1 Å². The predicted molar refractivity (Wildman–Crippen MR) is 83.2 cm³/mol. The molecule has 0 radical (unpaired) electrons. The lowest BCUT2D eigenvalue weighted by Gasteiger charge is -2.08. The highest BCUT2D eigenvalue weighted by atomic mass is 32.2. The number of aromatic nitrogens is 3. The maximum Gasteiger partial charge on any atom is 0.191 e. The Morgan fingerprint density at radius 3 is 2.73 bits per heavy atom. The second kappa shape index (κ2) is 6.00. The minimum Gasteiger partial charge on any atom is -0.211 e. The van der Waals surface area contributed by atoms with E-state index in [0.717, 1.165) is 10.6 Å². The predicted octanol–water partition coefficient (Wildman–Crippen LogP) is 3.67. The number of halogens is 1. The van der Waals surface area contributed by atoms with Gasteiger partial charge in [-0.25, -0.2) is 9.07 Å². The van der Waals surface area contributed by atoms with Crippen molar-refractivity contribution in [3.05, 3.63) is 60.0 Å². The standard InChI is InChI=1S/C16H11FN4S/c1-22-12-6-4-5-11(9-12)21-16(15(10-18)19-20-21)13-7-2-3-8-14(13)17/h2-9H,1H3. The molecule has 3 aromatic rings. The average Bonchev–Trinajstić information content (AvgIpc) is 2.99. The largest absolute Gasteiger partial charge is 0.211 e. The Balaban J connectivity index is 2.24. The van der Waals surface area contributed by atoms with Crippen molar-refractivity contribution in [1.29, 1.82) is 5.26 Å². The van der Waals surface area contributed by atoms with Crippen LogP contribution in [-0.4, -0.2) is 21.2 Å². The highest BCUT2D eigenvalue weighted by molar-refractivity contribution is 7.98. The van der Waals surface area contributed by atoms with Gasteiger partial charge in [0.1, 0.15) is 17.6 Å². The van der Waals surface area contributed by atoms with Crippen molar-refractivity contribution in [1.82, 2.24) is 15.0 Å². The van der Waals surface area contributed by atoms with Crippen molar-refractivity contribution in [2.75, 3.05) is 6.26 Å². The lowest BCUT2D eigenvalue weighted by Crippen LogP contribution is -2.01. The summed E-state index contributed by atoms with van der Waals surface area (Å²) >= 11 is 1.59. The van der Waals surface area contributed by atoms with Crippen molar-refractivity contribution in [2.24, 2.45) is 0 Å². The van der Waals surface area contributed by atoms with Gasteiger partial charge in [-0.3, -0.25) is 0 Å². The van der Waals surface area contributed by atoms with Crippen LogP contribution in [0.3, 0.4) is 0 Å². The molecule has 0 N–H and O–H groups in total. The number of rotatable bonds is 3. The number of nitrogens with zero attached hydrogens (tertiary/aromatic N) is 4. The van der Waals surface area contributed by atoms with Crippen LogP contribution in [0.15, 0.2) is 53.4 Å². The van der Waals surface area contributed by atoms with Crippen molar-refractivity contribution in [2.45, 2.75) is 4.90 Å². The van der Waals surface area contributed by atoms with Crippen molar-refractivity contribution in [3.8, 4) is 23.0 Å². The van der Waals surface area contributed by atoms with Gasteiger partial charge in [0.2, 0.25) is 0 Å². The molecule has 2 aromatic carbocycles. The Bertz CT molecular complexity index is 867. The van der Waals surface area contributed by atoms with E-state index in [-0.39, 0.29) is 5.69 Å². The molecule has 0 fully saturated rings. The van der Waals surface area contributed by atoms with Crippen LogP contribution in [0.2, 0.25) is 0 Å². The lowest BCUT2D eigenvalue weighted by molar-refractivity contribution is 0.629. The third-order valence-electron chi connectivity index (χ3n) is 3.20. The molecular formula is C16H11FN4S. The van der Waals surface area contributed by atoms with Crippen LogP contribution in [0.25, 0.3) is 16.9 Å². The summed E-state index contributed by atoms with van der Waals surface area (Å²) in [4.78, 5) is 1.05. The Hall–Kier alpha value is -2.65. The van der Waals surface area contributed by atoms with E-state index >= 15 is 0 Å². The van der Waals surface area contributed by atoms with Crippen LogP contribution in [-0.2, 0) is 0 Å². The molecule has 0 amide bonds. The van der Waals surface area contributed by atoms with E-state index in [1.165, 1.54) is 10.7 Å². The van der Waals surface area contributed by atoms with Crippen molar-refractivity contribution >= 4 is 11.8 Å². The molecule has 0 saturated heterocycles. The molecule has 0 aliphatic rings. The number of hydrogen-bond donors (Lipinski definition) is 0. The second-order valence-corrected chi connectivity index (χ2v) is 5.37. The monoisotopic (exact) mass is 310 g/mol. The number of benzene rings is 2. The Morgan fingerprint density at radius 2 is 2.00 bits per heavy atom. The smallest absolute Gasteiger partial charge is 0.191 e. The molecule has 0 saturated carbocycles. The Kier molecular flexibility index (Phi) is 3.90. The molecule has 3 rings (SSSR count). The maximum atomic E-state index is 14.1. The first kappa shape index (κ1) is 14.3. The summed E-state index contributed by atoms with van der Waals surface area (Å²) in [5.74, 6) is -0.413. The molecule has 22 heavy (non-hydrogen) atoms. The molecule has 0 atom stereocenters. The molecule has 0 bridgehead atoms. The van der Waals surface area contributed by atoms with Crippen molar-refractivity contribution in [3.63, 3.8) is 0 Å². The van der Waals surface area contributed by atoms with Crippen LogP contribution in [0.4, 0.5) is 4.39 Å². The van der Waals surface area contributed by atoms with Crippen LogP contribution in [0.1, 0.15) is 5.69 Å². The molecule has 4 nitrogen and oxygen atoms in total. The maximum absolute atomic E-state index is 14.1. The fraction of sp³-hybridized carbons (Fsp3) is 0.0625. The van der Waals surface area contributed by atoms with E-state index in [1.54, 1.807) is 30.0 Å². The number of thioether (sulfide) groups is 1. The second-order valence-electron chi connectivity index (χ2n) is 4.49. The van der Waals surface area contributed by atoms with Crippen LogP contribution >= 0.6 is 11.8 Å². The van der Waals surface area contributed by atoms with Gasteiger partial charge in [0.15, 0.2) is 5.69 Å². The summed E-state index contributed by atoms with van der Waals surface area (Å²) in [5.41, 5.74) is 1.50. The fourth-order valence-corrected chi connectivity index (χ4v) is 2.63. The molecule has 0 aliphatic carbocycles. The van der Waals surface area contributed by atoms with Gasteiger partial charge >= 0.3 is 0 Å². The van der Waals surface area contributed by atoms with E-state index in [4.69, 9.17) is 0 Å². The minimum absolute atomic E-state index is 0.0969. The van der Waals surface area contributed by atoms with Crippen molar-refractivity contribution < 1.29 is 4.39 Å². The zero-order chi connectivity index (χ0) is 15.5. The molecule has 1 heterocycles. The fourth-order valence-electron chi connectivity index (χ4n) is 2.18. The molecule has 1 aromatic heterocycles. The van der Waals surface area contributed by atoms with Gasteiger partial charge in [-0.15, -0.1) is 16.9 Å². The van der Waals surface area contributed by atoms with E-state index in [2.05, 4.69) is 10.3 Å². The SMILES string of the molecule is CSc1cccc(-n2nnc(C#N)c2-c2ccccc2F)c1. The summed E-state index contributed by atoms with van der Waals surface area (Å²) in [6.45, 7) is 0. The Labute approximate surface area is 131 Å². The van der Waals surface area contributed by atoms with Gasteiger partial charge in [-0.2, -0.15) is 5.26 Å². The van der Waals surface area contributed by atoms with Gasteiger partial charge in [0.25, 0.3) is 0 Å². The summed E-state index contributed by atoms with van der Waals surface area (Å²) in [5, 5.41) is 17.1. The minimum atomic E-state index is -0.413. The van der Waals surface area contributed by atoms with Gasteiger partial charge in [0, 0.05) is 10.5 Å². The first-order valence-corrected chi connectivity index (χ1v) is 7.72. The molecule has 0 aliphatic heterocycles. The summed E-state index contributed by atoms with van der Waals surface area (Å²) < 4.78 is 15.6. The van der Waals surface area contributed by atoms with Gasteiger partial charge in [-0.05, 0) is 36.6 Å². The highest BCUT2D eigenvalue weighted by Gasteiger charge is 2.19. The zero-order valence-corrected chi connectivity index (χ0v) is 12.5. The number of nitriles is 1. The normalized spacial score (nSPS) is 10.4. The summed E-state index contributed by atoms with van der Waals surface area (Å²) in [7, 11) is 0. The Morgan fingerprint density at radius 1 is 1.18 bits per heavy atom. The van der Waals surface area contributed by atoms with Gasteiger partial charge in [-0.1, -0.05) is 23.4 Å². The highest BCUT2D eigenvalue weighted by Crippen LogP contribution is 2.28. The number of hydrogen-bond acceptors (Lipinski definition) is 4. The van der Waals surface area contributed by atoms with E-state index in [9.17, 15) is 9.65 Å². The quantitative estimate of drug-likeness (QED) is 0.693.